The van der Waals surface area contributed by atoms with Crippen molar-refractivity contribution in [2.75, 3.05) is 17.2 Å². The van der Waals surface area contributed by atoms with Gasteiger partial charge in [0.15, 0.2) is 0 Å². The highest BCUT2D eigenvalue weighted by atomic mass is 16.2. The first kappa shape index (κ1) is 17.3. The van der Waals surface area contributed by atoms with Gasteiger partial charge in [0.05, 0.1) is 6.54 Å². The molecule has 0 bridgehead atoms. The van der Waals surface area contributed by atoms with E-state index in [2.05, 4.69) is 16.0 Å². The standard InChI is InChI=1S/C18H27N3O2/c1-13(2)18(23)21-16-10-8-14(9-11-16)19-12-17(22)20-15-6-4-3-5-7-15/h8-11,13,15,19H,3-7,12H2,1-2H3,(H,20,22)(H,21,23). The smallest absolute Gasteiger partial charge is 0.239 e. The second-order valence-electron chi connectivity index (χ2n) is 6.48. The van der Waals surface area contributed by atoms with Crippen LogP contribution in [0.4, 0.5) is 11.4 Å². The number of carbonyl (C=O) groups excluding carboxylic acids is 2. The van der Waals surface area contributed by atoms with Gasteiger partial charge in [-0.25, -0.2) is 0 Å². The monoisotopic (exact) mass is 317 g/mol. The van der Waals surface area contributed by atoms with E-state index in [1.165, 1.54) is 19.3 Å². The number of carbonyl (C=O) groups is 2. The Balaban J connectivity index is 1.74. The molecule has 1 saturated carbocycles. The molecule has 0 aromatic heterocycles. The summed E-state index contributed by atoms with van der Waals surface area (Å²) in [4.78, 5) is 23.6. The minimum atomic E-state index is -0.0451. The third kappa shape index (κ3) is 5.93. The second-order valence-corrected chi connectivity index (χ2v) is 6.48. The Labute approximate surface area is 138 Å². The van der Waals surface area contributed by atoms with Gasteiger partial charge in [0.1, 0.15) is 0 Å². The predicted molar refractivity (Wildman–Crippen MR) is 93.4 cm³/mol. The molecule has 1 aliphatic rings. The number of benzene rings is 1. The van der Waals surface area contributed by atoms with Crippen LogP contribution in [0.1, 0.15) is 46.0 Å². The highest BCUT2D eigenvalue weighted by Gasteiger charge is 2.15. The Morgan fingerprint density at radius 3 is 2.26 bits per heavy atom. The van der Waals surface area contributed by atoms with Crippen LogP contribution >= 0.6 is 0 Å². The summed E-state index contributed by atoms with van der Waals surface area (Å²) >= 11 is 0. The van der Waals surface area contributed by atoms with Crippen molar-refractivity contribution in [3.8, 4) is 0 Å². The molecule has 1 aromatic rings. The fourth-order valence-corrected chi connectivity index (χ4v) is 2.67. The number of hydrogen-bond donors (Lipinski definition) is 3. The van der Waals surface area contributed by atoms with E-state index in [0.29, 0.717) is 6.04 Å². The molecular weight excluding hydrogens is 290 g/mol. The van der Waals surface area contributed by atoms with Crippen molar-refractivity contribution < 1.29 is 9.59 Å². The predicted octanol–water partition coefficient (Wildman–Crippen LogP) is 3.14. The van der Waals surface area contributed by atoms with Gasteiger partial charge in [-0.2, -0.15) is 0 Å². The molecule has 0 saturated heterocycles. The molecule has 1 fully saturated rings. The topological polar surface area (TPSA) is 70.2 Å². The highest BCUT2D eigenvalue weighted by Crippen LogP contribution is 2.17. The van der Waals surface area contributed by atoms with Gasteiger partial charge in [-0.05, 0) is 37.1 Å². The van der Waals surface area contributed by atoms with E-state index < -0.39 is 0 Å². The number of nitrogens with one attached hydrogen (secondary N) is 3. The van der Waals surface area contributed by atoms with Crippen molar-refractivity contribution in [3.63, 3.8) is 0 Å². The van der Waals surface area contributed by atoms with Gasteiger partial charge in [0.2, 0.25) is 11.8 Å². The molecule has 0 atom stereocenters. The average Bonchev–Trinajstić information content (AvgIpc) is 2.55. The van der Waals surface area contributed by atoms with Crippen molar-refractivity contribution in [2.24, 2.45) is 5.92 Å². The van der Waals surface area contributed by atoms with Crippen molar-refractivity contribution in [1.82, 2.24) is 5.32 Å². The zero-order valence-electron chi connectivity index (χ0n) is 14.0. The number of hydrogen-bond acceptors (Lipinski definition) is 3. The van der Waals surface area contributed by atoms with Gasteiger partial charge in [0.25, 0.3) is 0 Å². The normalized spacial score (nSPS) is 15.3. The lowest BCUT2D eigenvalue weighted by Gasteiger charge is -2.22. The number of rotatable bonds is 6. The van der Waals surface area contributed by atoms with Gasteiger partial charge in [0, 0.05) is 23.3 Å². The van der Waals surface area contributed by atoms with E-state index >= 15 is 0 Å². The van der Waals surface area contributed by atoms with Crippen LogP contribution in [0.15, 0.2) is 24.3 Å². The lowest BCUT2D eigenvalue weighted by molar-refractivity contribution is -0.120. The maximum absolute atomic E-state index is 11.9. The maximum Gasteiger partial charge on any atom is 0.239 e. The minimum absolute atomic E-state index is 0.00225. The van der Waals surface area contributed by atoms with Crippen LogP contribution in [-0.2, 0) is 9.59 Å². The summed E-state index contributed by atoms with van der Waals surface area (Å²) in [5.74, 6) is -0.0112. The first-order chi connectivity index (χ1) is 11.0. The number of anilines is 2. The summed E-state index contributed by atoms with van der Waals surface area (Å²) < 4.78 is 0. The molecule has 0 unspecified atom stereocenters. The molecule has 23 heavy (non-hydrogen) atoms. The van der Waals surface area contributed by atoms with Crippen molar-refractivity contribution in [3.05, 3.63) is 24.3 Å². The molecule has 2 rings (SSSR count). The Morgan fingerprint density at radius 2 is 1.65 bits per heavy atom. The maximum atomic E-state index is 11.9. The third-order valence-electron chi connectivity index (χ3n) is 4.10. The molecule has 1 aliphatic carbocycles. The van der Waals surface area contributed by atoms with Gasteiger partial charge in [-0.3, -0.25) is 9.59 Å². The zero-order chi connectivity index (χ0) is 16.7. The van der Waals surface area contributed by atoms with Crippen LogP contribution in [-0.4, -0.2) is 24.4 Å². The van der Waals surface area contributed by atoms with E-state index in [1.807, 2.05) is 38.1 Å². The second kappa shape index (κ2) is 8.56. The molecule has 0 heterocycles. The largest absolute Gasteiger partial charge is 0.376 e. The van der Waals surface area contributed by atoms with E-state index in [1.54, 1.807) is 0 Å². The van der Waals surface area contributed by atoms with Gasteiger partial charge in [-0.1, -0.05) is 33.1 Å². The van der Waals surface area contributed by atoms with Gasteiger partial charge >= 0.3 is 0 Å². The molecule has 3 N–H and O–H groups in total. The summed E-state index contributed by atoms with van der Waals surface area (Å²) in [6.45, 7) is 3.99. The molecular formula is C18H27N3O2. The van der Waals surface area contributed by atoms with Crippen LogP contribution in [0.25, 0.3) is 0 Å². The fraction of sp³-hybridized carbons (Fsp3) is 0.556. The van der Waals surface area contributed by atoms with Crippen LogP contribution in [0.3, 0.4) is 0 Å². The Kier molecular flexibility index (Phi) is 6.44. The van der Waals surface area contributed by atoms with Crippen LogP contribution in [0.2, 0.25) is 0 Å². The Bertz CT molecular complexity index is 520. The lowest BCUT2D eigenvalue weighted by atomic mass is 9.95. The summed E-state index contributed by atoms with van der Waals surface area (Å²) in [6, 6.07) is 7.74. The Hall–Kier alpha value is -2.04. The van der Waals surface area contributed by atoms with Crippen LogP contribution in [0.5, 0.6) is 0 Å². The summed E-state index contributed by atoms with van der Waals surface area (Å²) in [5, 5.41) is 9.03. The summed E-state index contributed by atoms with van der Waals surface area (Å²) in [6.07, 6.45) is 5.89. The third-order valence-corrected chi connectivity index (χ3v) is 4.10. The zero-order valence-corrected chi connectivity index (χ0v) is 14.0. The summed E-state index contributed by atoms with van der Waals surface area (Å²) in [5.41, 5.74) is 1.63. The van der Waals surface area contributed by atoms with Gasteiger partial charge in [-0.15, -0.1) is 0 Å². The van der Waals surface area contributed by atoms with E-state index in [-0.39, 0.29) is 24.3 Å². The van der Waals surface area contributed by atoms with Crippen molar-refractivity contribution in [1.29, 1.82) is 0 Å². The first-order valence-electron chi connectivity index (χ1n) is 8.49. The van der Waals surface area contributed by atoms with E-state index in [4.69, 9.17) is 0 Å². The number of amides is 2. The molecule has 0 aliphatic heterocycles. The molecule has 5 nitrogen and oxygen atoms in total. The van der Waals surface area contributed by atoms with Crippen molar-refractivity contribution in [2.45, 2.75) is 52.0 Å². The SMILES string of the molecule is CC(C)C(=O)Nc1ccc(NCC(=O)NC2CCCCC2)cc1. The summed E-state index contributed by atoms with van der Waals surface area (Å²) in [7, 11) is 0. The van der Waals surface area contributed by atoms with Gasteiger partial charge < -0.3 is 16.0 Å². The molecule has 0 radical (unpaired) electrons. The van der Waals surface area contributed by atoms with E-state index in [0.717, 1.165) is 24.2 Å². The van der Waals surface area contributed by atoms with Crippen LogP contribution in [0, 0.1) is 5.92 Å². The van der Waals surface area contributed by atoms with E-state index in [9.17, 15) is 9.59 Å². The fourth-order valence-electron chi connectivity index (χ4n) is 2.67. The Morgan fingerprint density at radius 1 is 1.04 bits per heavy atom. The van der Waals surface area contributed by atoms with Crippen LogP contribution < -0.4 is 16.0 Å². The highest BCUT2D eigenvalue weighted by molar-refractivity contribution is 5.92. The molecule has 0 spiro atoms. The molecule has 126 valence electrons. The first-order valence-corrected chi connectivity index (χ1v) is 8.49. The quantitative estimate of drug-likeness (QED) is 0.755. The van der Waals surface area contributed by atoms with Crippen molar-refractivity contribution >= 4 is 23.2 Å². The average molecular weight is 317 g/mol. The molecule has 1 aromatic carbocycles. The lowest BCUT2D eigenvalue weighted by Crippen LogP contribution is -2.39. The molecule has 5 heteroatoms. The molecule has 2 amide bonds. The minimum Gasteiger partial charge on any atom is -0.376 e.